The fourth-order valence-electron chi connectivity index (χ4n) is 2.38. The molecule has 2 aromatic carbocycles. The molecule has 0 amide bonds. The molecule has 0 heterocycles. The maximum Gasteiger partial charge on any atom is 0.330 e. The predicted octanol–water partition coefficient (Wildman–Crippen LogP) is 3.08. The first-order chi connectivity index (χ1) is 9.70. The maximum absolute atomic E-state index is 12.3. The third-order valence-electron chi connectivity index (χ3n) is 3.36. The molecule has 0 aromatic heterocycles. The van der Waals surface area contributed by atoms with Gasteiger partial charge < -0.3 is 4.74 Å². The molecule has 0 atom stereocenters. The normalized spacial score (nSPS) is 12.3. The summed E-state index contributed by atoms with van der Waals surface area (Å²) >= 11 is 0. The van der Waals surface area contributed by atoms with Crippen LogP contribution in [0, 0.1) is 0 Å². The van der Waals surface area contributed by atoms with Crippen molar-refractivity contribution in [3.8, 4) is 11.1 Å². The summed E-state index contributed by atoms with van der Waals surface area (Å²) in [6.45, 7) is 0. The lowest BCUT2D eigenvalue weighted by atomic mass is 10.0. The van der Waals surface area contributed by atoms with Crippen LogP contribution in [-0.2, 0) is 9.53 Å². The van der Waals surface area contributed by atoms with E-state index in [1.165, 1.54) is 13.2 Å². The lowest BCUT2D eigenvalue weighted by Crippen LogP contribution is -1.96. The zero-order chi connectivity index (χ0) is 14.1. The number of hydrogen-bond acceptors (Lipinski definition) is 3. The Bertz CT molecular complexity index is 742. The Labute approximate surface area is 116 Å². The van der Waals surface area contributed by atoms with Crippen molar-refractivity contribution in [2.75, 3.05) is 7.11 Å². The largest absolute Gasteiger partial charge is 0.466 e. The van der Waals surface area contributed by atoms with Crippen molar-refractivity contribution < 1.29 is 14.3 Å². The Balaban J connectivity index is 2.02. The number of esters is 1. The van der Waals surface area contributed by atoms with E-state index in [1.54, 1.807) is 12.1 Å². The third-order valence-corrected chi connectivity index (χ3v) is 3.36. The van der Waals surface area contributed by atoms with Gasteiger partial charge in [-0.25, -0.2) is 4.79 Å². The maximum atomic E-state index is 12.3. The van der Waals surface area contributed by atoms with Gasteiger partial charge in [-0.3, -0.25) is 4.79 Å². The van der Waals surface area contributed by atoms with Crippen molar-refractivity contribution in [2.45, 2.75) is 0 Å². The van der Waals surface area contributed by atoms with Crippen LogP contribution in [0.25, 0.3) is 17.2 Å². The van der Waals surface area contributed by atoms with Crippen molar-refractivity contribution in [3.63, 3.8) is 0 Å². The summed E-state index contributed by atoms with van der Waals surface area (Å²) in [5.41, 5.74) is 4.13. The summed E-state index contributed by atoms with van der Waals surface area (Å²) in [7, 11) is 1.33. The minimum Gasteiger partial charge on any atom is -0.466 e. The second-order valence-corrected chi connectivity index (χ2v) is 4.54. The van der Waals surface area contributed by atoms with E-state index in [0.29, 0.717) is 5.56 Å². The summed E-state index contributed by atoms with van der Waals surface area (Å²) in [5, 5.41) is 0. The van der Waals surface area contributed by atoms with Gasteiger partial charge in [-0.1, -0.05) is 36.4 Å². The number of ketones is 1. The molecule has 0 saturated heterocycles. The van der Waals surface area contributed by atoms with E-state index >= 15 is 0 Å². The van der Waals surface area contributed by atoms with Crippen LogP contribution in [0.3, 0.4) is 0 Å². The first-order valence-electron chi connectivity index (χ1n) is 6.25. The number of carbonyl (C=O) groups is 2. The molecule has 3 heteroatoms. The zero-order valence-electron chi connectivity index (χ0n) is 10.9. The summed E-state index contributed by atoms with van der Waals surface area (Å²) in [6.07, 6.45) is 2.98. The number of ether oxygens (including phenoxy) is 1. The molecular weight excluding hydrogens is 252 g/mol. The van der Waals surface area contributed by atoms with E-state index in [0.717, 1.165) is 22.3 Å². The molecule has 20 heavy (non-hydrogen) atoms. The molecule has 0 saturated carbocycles. The van der Waals surface area contributed by atoms with Crippen molar-refractivity contribution in [3.05, 3.63) is 65.2 Å². The summed E-state index contributed by atoms with van der Waals surface area (Å²) < 4.78 is 4.54. The highest BCUT2D eigenvalue weighted by molar-refractivity contribution is 6.21. The average Bonchev–Trinajstić information content (AvgIpc) is 2.78. The second-order valence-electron chi connectivity index (χ2n) is 4.54. The van der Waals surface area contributed by atoms with E-state index in [-0.39, 0.29) is 5.78 Å². The topological polar surface area (TPSA) is 43.4 Å². The standard InChI is InChI=1S/C17H12O3/c1-20-16(18)9-7-11-6-8-13-12-4-2-3-5-14(12)17(19)15(13)10-11/h2-10H,1H3. The SMILES string of the molecule is COC(=O)C=Cc1ccc2c(c1)C(=O)c1ccccc1-2. The molecule has 0 aliphatic heterocycles. The lowest BCUT2D eigenvalue weighted by Gasteiger charge is -2.00. The van der Waals surface area contributed by atoms with Gasteiger partial charge in [-0.2, -0.15) is 0 Å². The number of carbonyl (C=O) groups excluding carboxylic acids is 2. The van der Waals surface area contributed by atoms with Gasteiger partial charge in [0.1, 0.15) is 0 Å². The van der Waals surface area contributed by atoms with E-state index in [9.17, 15) is 9.59 Å². The first kappa shape index (κ1) is 12.4. The van der Waals surface area contributed by atoms with Crippen LogP contribution in [0.1, 0.15) is 21.5 Å². The van der Waals surface area contributed by atoms with Gasteiger partial charge in [0.05, 0.1) is 7.11 Å². The highest BCUT2D eigenvalue weighted by atomic mass is 16.5. The molecule has 0 N–H and O–H groups in total. The summed E-state index contributed by atoms with van der Waals surface area (Å²) in [6, 6.07) is 13.2. The molecule has 0 radical (unpaired) electrons. The highest BCUT2D eigenvalue weighted by Crippen LogP contribution is 2.36. The monoisotopic (exact) mass is 264 g/mol. The summed E-state index contributed by atoms with van der Waals surface area (Å²) in [4.78, 5) is 23.4. The Morgan fingerprint density at radius 3 is 2.45 bits per heavy atom. The van der Waals surface area contributed by atoms with Crippen LogP contribution in [0.5, 0.6) is 0 Å². The minimum absolute atomic E-state index is 0.0314. The number of fused-ring (bicyclic) bond motifs is 3. The Kier molecular flexibility index (Phi) is 2.95. The molecule has 3 rings (SSSR count). The van der Waals surface area contributed by atoms with E-state index in [4.69, 9.17) is 0 Å². The number of methoxy groups -OCH3 is 1. The minimum atomic E-state index is -0.417. The molecule has 1 aliphatic rings. The molecule has 3 nitrogen and oxygen atoms in total. The van der Waals surface area contributed by atoms with Crippen molar-refractivity contribution in [1.82, 2.24) is 0 Å². The fourth-order valence-corrected chi connectivity index (χ4v) is 2.38. The molecule has 2 aromatic rings. The van der Waals surface area contributed by atoms with Gasteiger partial charge in [-0.05, 0) is 28.8 Å². The molecule has 0 spiro atoms. The van der Waals surface area contributed by atoms with Gasteiger partial charge in [0.25, 0.3) is 0 Å². The molecule has 0 unspecified atom stereocenters. The van der Waals surface area contributed by atoms with E-state index in [1.807, 2.05) is 36.4 Å². The average molecular weight is 264 g/mol. The Hall–Kier alpha value is -2.68. The summed E-state index contributed by atoms with van der Waals surface area (Å²) in [5.74, 6) is -0.385. The van der Waals surface area contributed by atoms with Crippen LogP contribution in [0.4, 0.5) is 0 Å². The van der Waals surface area contributed by atoms with E-state index < -0.39 is 5.97 Å². The van der Waals surface area contributed by atoms with Crippen LogP contribution in [0.15, 0.2) is 48.5 Å². The van der Waals surface area contributed by atoms with Gasteiger partial charge in [-0.15, -0.1) is 0 Å². The fraction of sp³-hybridized carbons (Fsp3) is 0.0588. The molecule has 98 valence electrons. The second kappa shape index (κ2) is 4.78. The van der Waals surface area contributed by atoms with Crippen LogP contribution in [0.2, 0.25) is 0 Å². The lowest BCUT2D eigenvalue weighted by molar-refractivity contribution is -0.134. The molecule has 0 bridgehead atoms. The first-order valence-corrected chi connectivity index (χ1v) is 6.25. The highest BCUT2D eigenvalue weighted by Gasteiger charge is 2.25. The van der Waals surface area contributed by atoms with Crippen LogP contribution < -0.4 is 0 Å². The van der Waals surface area contributed by atoms with Crippen molar-refractivity contribution >= 4 is 17.8 Å². The zero-order valence-corrected chi connectivity index (χ0v) is 10.9. The molecule has 0 fully saturated rings. The smallest absolute Gasteiger partial charge is 0.330 e. The van der Waals surface area contributed by atoms with Crippen molar-refractivity contribution in [1.29, 1.82) is 0 Å². The number of rotatable bonds is 2. The number of benzene rings is 2. The third kappa shape index (κ3) is 1.93. The Morgan fingerprint density at radius 1 is 1.00 bits per heavy atom. The molecule has 1 aliphatic carbocycles. The van der Waals surface area contributed by atoms with Crippen LogP contribution >= 0.6 is 0 Å². The van der Waals surface area contributed by atoms with Gasteiger partial charge in [0.15, 0.2) is 5.78 Å². The van der Waals surface area contributed by atoms with E-state index in [2.05, 4.69) is 4.74 Å². The van der Waals surface area contributed by atoms with Gasteiger partial charge >= 0.3 is 5.97 Å². The Morgan fingerprint density at radius 2 is 1.70 bits per heavy atom. The van der Waals surface area contributed by atoms with Gasteiger partial charge in [0.2, 0.25) is 0 Å². The quantitative estimate of drug-likeness (QED) is 0.527. The van der Waals surface area contributed by atoms with Crippen LogP contribution in [-0.4, -0.2) is 18.9 Å². The van der Waals surface area contributed by atoms with Gasteiger partial charge in [0, 0.05) is 17.2 Å². The number of hydrogen-bond donors (Lipinski definition) is 0. The molecular formula is C17H12O3. The predicted molar refractivity (Wildman–Crippen MR) is 76.4 cm³/mol. The van der Waals surface area contributed by atoms with Crippen molar-refractivity contribution in [2.24, 2.45) is 0 Å².